The summed E-state index contributed by atoms with van der Waals surface area (Å²) in [4.78, 5) is 0. The SMILES string of the molecule is Nc1cnn(CCOc2cccc(Cl)c2Cl)c1. The van der Waals surface area contributed by atoms with Gasteiger partial charge in [-0.15, -0.1) is 0 Å². The number of rotatable bonds is 4. The van der Waals surface area contributed by atoms with Crippen LogP contribution in [-0.2, 0) is 6.54 Å². The van der Waals surface area contributed by atoms with E-state index in [0.717, 1.165) is 0 Å². The molecule has 0 spiro atoms. The first-order valence-electron chi connectivity index (χ1n) is 5.01. The molecule has 0 amide bonds. The first-order valence-corrected chi connectivity index (χ1v) is 5.77. The molecule has 0 atom stereocenters. The van der Waals surface area contributed by atoms with Crippen LogP contribution >= 0.6 is 23.2 Å². The van der Waals surface area contributed by atoms with E-state index in [1.54, 1.807) is 35.3 Å². The van der Waals surface area contributed by atoms with Crippen molar-refractivity contribution in [3.63, 3.8) is 0 Å². The minimum absolute atomic E-state index is 0.425. The smallest absolute Gasteiger partial charge is 0.139 e. The lowest BCUT2D eigenvalue weighted by Crippen LogP contribution is -2.08. The predicted octanol–water partition coefficient (Wildman–Crippen LogP) is 2.85. The number of halogens is 2. The molecule has 0 fully saturated rings. The summed E-state index contributed by atoms with van der Waals surface area (Å²) in [6, 6.07) is 5.27. The Morgan fingerprint density at radius 1 is 1.35 bits per heavy atom. The van der Waals surface area contributed by atoms with Crippen molar-refractivity contribution in [3.8, 4) is 5.75 Å². The molecule has 2 aromatic rings. The van der Waals surface area contributed by atoms with Gasteiger partial charge in [-0.25, -0.2) is 0 Å². The Balaban J connectivity index is 1.92. The monoisotopic (exact) mass is 271 g/mol. The van der Waals surface area contributed by atoms with Gasteiger partial charge in [-0.2, -0.15) is 5.10 Å². The number of nitrogens with zero attached hydrogens (tertiary/aromatic N) is 2. The second-order valence-corrected chi connectivity index (χ2v) is 4.22. The van der Waals surface area contributed by atoms with Crippen LogP contribution in [0.3, 0.4) is 0 Å². The molecule has 0 radical (unpaired) electrons. The Hall–Kier alpha value is -1.39. The second kappa shape index (κ2) is 5.29. The summed E-state index contributed by atoms with van der Waals surface area (Å²) in [5.74, 6) is 0.569. The number of ether oxygens (including phenoxy) is 1. The Morgan fingerprint density at radius 2 is 2.18 bits per heavy atom. The lowest BCUT2D eigenvalue weighted by Gasteiger charge is -2.08. The van der Waals surface area contributed by atoms with Crippen LogP contribution in [0.4, 0.5) is 5.69 Å². The number of aromatic nitrogens is 2. The topological polar surface area (TPSA) is 53.1 Å². The van der Waals surface area contributed by atoms with Gasteiger partial charge < -0.3 is 10.5 Å². The van der Waals surface area contributed by atoms with Crippen LogP contribution < -0.4 is 10.5 Å². The van der Waals surface area contributed by atoms with E-state index in [2.05, 4.69) is 5.10 Å². The minimum atomic E-state index is 0.425. The van der Waals surface area contributed by atoms with Crippen molar-refractivity contribution < 1.29 is 4.74 Å². The molecule has 4 nitrogen and oxygen atoms in total. The van der Waals surface area contributed by atoms with Gasteiger partial charge in [-0.05, 0) is 12.1 Å². The van der Waals surface area contributed by atoms with Crippen LogP contribution in [-0.4, -0.2) is 16.4 Å². The second-order valence-electron chi connectivity index (χ2n) is 3.44. The van der Waals surface area contributed by atoms with E-state index in [0.29, 0.717) is 34.6 Å². The molecule has 17 heavy (non-hydrogen) atoms. The summed E-state index contributed by atoms with van der Waals surface area (Å²) in [5.41, 5.74) is 6.17. The maximum atomic E-state index is 5.98. The Morgan fingerprint density at radius 3 is 2.88 bits per heavy atom. The molecule has 0 aliphatic heterocycles. The molecule has 90 valence electrons. The number of nitrogens with two attached hydrogens (primary N) is 1. The molecule has 1 aromatic carbocycles. The number of hydrogen-bond donors (Lipinski definition) is 1. The quantitative estimate of drug-likeness (QED) is 0.931. The molecule has 1 heterocycles. The summed E-state index contributed by atoms with van der Waals surface area (Å²) in [7, 11) is 0. The van der Waals surface area contributed by atoms with E-state index in [-0.39, 0.29) is 0 Å². The van der Waals surface area contributed by atoms with Gasteiger partial charge in [0, 0.05) is 6.20 Å². The summed E-state index contributed by atoms with van der Waals surface area (Å²) < 4.78 is 7.21. The third kappa shape index (κ3) is 3.05. The van der Waals surface area contributed by atoms with Crippen molar-refractivity contribution >= 4 is 28.9 Å². The van der Waals surface area contributed by atoms with Crippen molar-refractivity contribution in [3.05, 3.63) is 40.6 Å². The number of nitrogen functional groups attached to an aromatic ring is 1. The van der Waals surface area contributed by atoms with E-state index < -0.39 is 0 Å². The van der Waals surface area contributed by atoms with Crippen LogP contribution in [0.15, 0.2) is 30.6 Å². The fourth-order valence-corrected chi connectivity index (χ4v) is 1.69. The molecule has 0 unspecified atom stereocenters. The standard InChI is InChI=1S/C11H11Cl2N3O/c12-9-2-1-3-10(11(9)13)17-5-4-16-7-8(14)6-15-16/h1-3,6-7H,4-5,14H2. The van der Waals surface area contributed by atoms with E-state index >= 15 is 0 Å². The molecule has 0 bridgehead atoms. The van der Waals surface area contributed by atoms with Crippen molar-refractivity contribution in [2.75, 3.05) is 12.3 Å². The van der Waals surface area contributed by atoms with Gasteiger partial charge in [0.25, 0.3) is 0 Å². The minimum Gasteiger partial charge on any atom is -0.490 e. The first kappa shape index (κ1) is 12.1. The molecule has 0 aliphatic carbocycles. The fraction of sp³-hybridized carbons (Fsp3) is 0.182. The third-order valence-electron chi connectivity index (χ3n) is 2.15. The van der Waals surface area contributed by atoms with E-state index in [9.17, 15) is 0 Å². The molecule has 0 saturated carbocycles. The molecular weight excluding hydrogens is 261 g/mol. The summed E-state index contributed by atoms with van der Waals surface area (Å²) in [6.07, 6.45) is 3.33. The highest BCUT2D eigenvalue weighted by Crippen LogP contribution is 2.31. The Kier molecular flexibility index (Phi) is 3.76. The molecule has 0 saturated heterocycles. The third-order valence-corrected chi connectivity index (χ3v) is 2.95. The van der Waals surface area contributed by atoms with Gasteiger partial charge in [0.1, 0.15) is 17.4 Å². The van der Waals surface area contributed by atoms with Crippen LogP contribution in [0.2, 0.25) is 10.0 Å². The Labute approximate surface area is 109 Å². The highest BCUT2D eigenvalue weighted by atomic mass is 35.5. The number of hydrogen-bond acceptors (Lipinski definition) is 3. The van der Waals surface area contributed by atoms with Crippen molar-refractivity contribution in [2.45, 2.75) is 6.54 Å². The summed E-state index contributed by atoms with van der Waals surface area (Å²) in [5, 5.41) is 4.94. The molecule has 1 aromatic heterocycles. The molecule has 2 N–H and O–H groups in total. The normalized spacial score (nSPS) is 10.5. The van der Waals surface area contributed by atoms with Gasteiger partial charge in [-0.3, -0.25) is 4.68 Å². The molecular formula is C11H11Cl2N3O. The van der Waals surface area contributed by atoms with Gasteiger partial charge in [-0.1, -0.05) is 29.3 Å². The Bertz CT molecular complexity index is 513. The zero-order chi connectivity index (χ0) is 12.3. The molecule has 0 aliphatic rings. The average Bonchev–Trinajstić information content (AvgIpc) is 2.70. The maximum Gasteiger partial charge on any atom is 0.139 e. The van der Waals surface area contributed by atoms with Crippen LogP contribution in [0.25, 0.3) is 0 Å². The number of benzene rings is 1. The van der Waals surface area contributed by atoms with Gasteiger partial charge in [0.2, 0.25) is 0 Å². The lowest BCUT2D eigenvalue weighted by molar-refractivity contribution is 0.291. The van der Waals surface area contributed by atoms with E-state index in [1.165, 1.54) is 0 Å². The van der Waals surface area contributed by atoms with Crippen molar-refractivity contribution in [1.29, 1.82) is 0 Å². The largest absolute Gasteiger partial charge is 0.490 e. The maximum absolute atomic E-state index is 5.98. The zero-order valence-electron chi connectivity index (χ0n) is 8.94. The fourth-order valence-electron chi connectivity index (χ4n) is 1.35. The van der Waals surface area contributed by atoms with Crippen molar-refractivity contribution in [1.82, 2.24) is 9.78 Å². The zero-order valence-corrected chi connectivity index (χ0v) is 10.4. The van der Waals surface area contributed by atoms with E-state index in [4.69, 9.17) is 33.7 Å². The van der Waals surface area contributed by atoms with Gasteiger partial charge >= 0.3 is 0 Å². The lowest BCUT2D eigenvalue weighted by atomic mass is 10.3. The number of anilines is 1. The first-order chi connectivity index (χ1) is 8.16. The van der Waals surface area contributed by atoms with Gasteiger partial charge in [0.05, 0.1) is 23.5 Å². The highest BCUT2D eigenvalue weighted by molar-refractivity contribution is 6.42. The van der Waals surface area contributed by atoms with Crippen LogP contribution in [0.5, 0.6) is 5.75 Å². The van der Waals surface area contributed by atoms with E-state index in [1.807, 2.05) is 0 Å². The predicted molar refractivity (Wildman–Crippen MR) is 68.6 cm³/mol. The van der Waals surface area contributed by atoms with Crippen LogP contribution in [0.1, 0.15) is 0 Å². The van der Waals surface area contributed by atoms with Crippen molar-refractivity contribution in [2.24, 2.45) is 0 Å². The average molecular weight is 272 g/mol. The molecule has 2 rings (SSSR count). The van der Waals surface area contributed by atoms with Crippen LogP contribution in [0, 0.1) is 0 Å². The molecule has 6 heteroatoms. The summed E-state index contributed by atoms with van der Waals surface area (Å²) >= 11 is 11.8. The summed E-state index contributed by atoms with van der Waals surface area (Å²) in [6.45, 7) is 1.04. The van der Waals surface area contributed by atoms with Gasteiger partial charge in [0.15, 0.2) is 0 Å². The highest BCUT2D eigenvalue weighted by Gasteiger charge is 2.05.